The van der Waals surface area contributed by atoms with Crippen molar-refractivity contribution in [2.45, 2.75) is 6.54 Å². The average Bonchev–Trinajstić information content (AvgIpc) is 2.91. The molecule has 130 valence electrons. The van der Waals surface area contributed by atoms with Gasteiger partial charge in [-0.15, -0.1) is 0 Å². The number of nitrogens with zero attached hydrogens (tertiary/aromatic N) is 2. The number of halogens is 1. The first kappa shape index (κ1) is 18.7. The zero-order valence-corrected chi connectivity index (χ0v) is 15.7. The molecule has 1 aromatic heterocycles. The lowest BCUT2D eigenvalue weighted by Gasteiger charge is -2.03. The lowest BCUT2D eigenvalue weighted by atomic mass is 10.1. The summed E-state index contributed by atoms with van der Waals surface area (Å²) >= 11 is 0. The predicted molar refractivity (Wildman–Crippen MR) is 92.8 cm³/mol. The number of Topliss-reactive ketones (excluding diaryl/α,β-unsaturated/α-hetero) is 1. The number of nitrogen functional groups attached to an aromatic ring is 1. The van der Waals surface area contributed by atoms with Crippen LogP contribution in [0.2, 0.25) is 0 Å². The third-order valence-electron chi connectivity index (χ3n) is 4.05. The highest BCUT2D eigenvalue weighted by Gasteiger charge is 2.20. The van der Waals surface area contributed by atoms with Gasteiger partial charge in [-0.25, -0.2) is 9.13 Å². The van der Waals surface area contributed by atoms with Crippen LogP contribution < -0.4 is 32.0 Å². The molecule has 0 fully saturated rings. The SMILES string of the molecule is COc1cccc(C(=O)C[n+]2cc(-c3ccccc3)n(C)c2N)c1.[Br-]. The molecule has 0 saturated heterocycles. The predicted octanol–water partition coefficient (Wildman–Crippen LogP) is -0.543. The van der Waals surface area contributed by atoms with Crippen LogP contribution in [0.25, 0.3) is 11.3 Å². The van der Waals surface area contributed by atoms with E-state index in [0.29, 0.717) is 17.3 Å². The first-order valence-electron chi connectivity index (χ1n) is 7.67. The third kappa shape index (κ3) is 3.91. The molecule has 6 heteroatoms. The minimum absolute atomic E-state index is 0. The van der Waals surface area contributed by atoms with E-state index >= 15 is 0 Å². The second-order valence-electron chi connectivity index (χ2n) is 5.58. The van der Waals surface area contributed by atoms with Crippen LogP contribution >= 0.6 is 0 Å². The van der Waals surface area contributed by atoms with Crippen molar-refractivity contribution in [2.24, 2.45) is 7.05 Å². The second-order valence-corrected chi connectivity index (χ2v) is 5.58. The minimum atomic E-state index is -0.0178. The van der Waals surface area contributed by atoms with Gasteiger partial charge >= 0.3 is 5.95 Å². The number of aromatic nitrogens is 2. The molecule has 0 unspecified atom stereocenters. The number of carbonyl (C=O) groups excluding carboxylic acids is 1. The van der Waals surface area contributed by atoms with Gasteiger partial charge in [-0.3, -0.25) is 10.5 Å². The Labute approximate surface area is 157 Å². The van der Waals surface area contributed by atoms with Gasteiger partial charge in [0, 0.05) is 11.1 Å². The highest BCUT2D eigenvalue weighted by Crippen LogP contribution is 2.19. The first-order valence-corrected chi connectivity index (χ1v) is 7.67. The van der Waals surface area contributed by atoms with Crippen molar-refractivity contribution >= 4 is 11.7 Å². The second kappa shape index (κ2) is 7.98. The van der Waals surface area contributed by atoms with Gasteiger partial charge in [0.25, 0.3) is 0 Å². The highest BCUT2D eigenvalue weighted by atomic mass is 79.9. The maximum atomic E-state index is 12.6. The van der Waals surface area contributed by atoms with E-state index in [0.717, 1.165) is 11.3 Å². The molecular formula is C19H20BrN3O2. The van der Waals surface area contributed by atoms with Gasteiger partial charge in [0.05, 0.1) is 14.2 Å². The van der Waals surface area contributed by atoms with Gasteiger partial charge in [0.2, 0.25) is 0 Å². The number of ketones is 1. The van der Waals surface area contributed by atoms with Crippen LogP contribution in [0.15, 0.2) is 60.8 Å². The van der Waals surface area contributed by atoms with Gasteiger partial charge in [-0.05, 0) is 12.1 Å². The van der Waals surface area contributed by atoms with Crippen molar-refractivity contribution in [3.63, 3.8) is 0 Å². The fraction of sp³-hybridized carbons (Fsp3) is 0.158. The van der Waals surface area contributed by atoms with Crippen molar-refractivity contribution in [1.29, 1.82) is 0 Å². The zero-order valence-electron chi connectivity index (χ0n) is 14.1. The number of nitrogens with two attached hydrogens (primary N) is 1. The Balaban J connectivity index is 0.00000225. The topological polar surface area (TPSA) is 61.1 Å². The molecule has 3 rings (SSSR count). The zero-order chi connectivity index (χ0) is 17.1. The highest BCUT2D eigenvalue weighted by molar-refractivity contribution is 5.95. The molecule has 0 aliphatic heterocycles. The molecule has 0 atom stereocenters. The van der Waals surface area contributed by atoms with Gasteiger partial charge in [-0.2, -0.15) is 0 Å². The van der Waals surface area contributed by atoms with E-state index in [4.69, 9.17) is 10.5 Å². The molecule has 0 amide bonds. The van der Waals surface area contributed by atoms with Crippen LogP contribution in [-0.4, -0.2) is 17.5 Å². The van der Waals surface area contributed by atoms with E-state index < -0.39 is 0 Å². The van der Waals surface area contributed by atoms with Gasteiger partial charge < -0.3 is 21.7 Å². The molecule has 0 aliphatic carbocycles. The lowest BCUT2D eigenvalue weighted by molar-refractivity contribution is -0.667. The summed E-state index contributed by atoms with van der Waals surface area (Å²) < 4.78 is 8.82. The van der Waals surface area contributed by atoms with E-state index in [2.05, 4.69) is 0 Å². The molecular weight excluding hydrogens is 382 g/mol. The van der Waals surface area contributed by atoms with Crippen molar-refractivity contribution in [2.75, 3.05) is 12.8 Å². The Bertz CT molecular complexity index is 876. The summed E-state index contributed by atoms with van der Waals surface area (Å²) in [5.41, 5.74) is 8.79. The van der Waals surface area contributed by atoms with Crippen LogP contribution in [0.3, 0.4) is 0 Å². The van der Waals surface area contributed by atoms with Crippen LogP contribution in [0.4, 0.5) is 5.95 Å². The molecule has 0 spiro atoms. The average molecular weight is 402 g/mol. The maximum absolute atomic E-state index is 12.6. The molecule has 0 aliphatic rings. The number of rotatable bonds is 5. The Morgan fingerprint density at radius 1 is 1.16 bits per heavy atom. The summed E-state index contributed by atoms with van der Waals surface area (Å²) in [6, 6.07) is 17.1. The van der Waals surface area contributed by atoms with Crippen LogP contribution in [-0.2, 0) is 13.6 Å². The Kier molecular flexibility index (Phi) is 5.98. The number of benzene rings is 2. The smallest absolute Gasteiger partial charge is 0.355 e. The molecule has 3 aromatic rings. The monoisotopic (exact) mass is 401 g/mol. The van der Waals surface area contributed by atoms with Gasteiger partial charge in [0.1, 0.15) is 24.2 Å². The minimum Gasteiger partial charge on any atom is -1.00 e. The third-order valence-corrected chi connectivity index (χ3v) is 4.05. The normalized spacial score (nSPS) is 10.2. The number of methoxy groups -OCH3 is 1. The number of anilines is 1. The molecule has 0 bridgehead atoms. The van der Waals surface area contributed by atoms with Gasteiger partial charge in [0.15, 0.2) is 5.78 Å². The maximum Gasteiger partial charge on any atom is 0.355 e. The molecule has 0 saturated carbocycles. The van der Waals surface area contributed by atoms with E-state index in [9.17, 15) is 4.79 Å². The summed E-state index contributed by atoms with van der Waals surface area (Å²) in [4.78, 5) is 12.6. The number of hydrogen-bond donors (Lipinski definition) is 1. The molecule has 1 heterocycles. The van der Waals surface area contributed by atoms with Crippen LogP contribution in [0.1, 0.15) is 10.4 Å². The van der Waals surface area contributed by atoms with Crippen molar-refractivity contribution in [3.8, 4) is 17.0 Å². The number of hydrogen-bond acceptors (Lipinski definition) is 3. The quantitative estimate of drug-likeness (QED) is 0.461. The molecule has 5 nitrogen and oxygen atoms in total. The van der Waals surface area contributed by atoms with E-state index in [1.165, 1.54) is 0 Å². The summed E-state index contributed by atoms with van der Waals surface area (Å²) in [7, 11) is 3.48. The number of ether oxygens (including phenoxy) is 1. The summed E-state index contributed by atoms with van der Waals surface area (Å²) in [5.74, 6) is 1.18. The molecule has 2 N–H and O–H groups in total. The van der Waals surface area contributed by atoms with E-state index in [1.807, 2.05) is 54.2 Å². The summed E-state index contributed by atoms with van der Waals surface area (Å²) in [5, 5.41) is 0. The Morgan fingerprint density at radius 2 is 1.88 bits per heavy atom. The Morgan fingerprint density at radius 3 is 2.56 bits per heavy atom. The number of carbonyl (C=O) groups is 1. The largest absolute Gasteiger partial charge is 1.00 e. The molecule has 0 radical (unpaired) electrons. The van der Waals surface area contributed by atoms with Crippen molar-refractivity contribution in [1.82, 2.24) is 4.57 Å². The van der Waals surface area contributed by atoms with E-state index in [-0.39, 0.29) is 29.3 Å². The Hall–Kier alpha value is -2.60. The fourth-order valence-electron chi connectivity index (χ4n) is 2.66. The number of imidazole rings is 1. The summed E-state index contributed by atoms with van der Waals surface area (Å²) in [6.45, 7) is 0.180. The molecule has 2 aromatic carbocycles. The first-order chi connectivity index (χ1) is 11.6. The summed E-state index contributed by atoms with van der Waals surface area (Å²) in [6.07, 6.45) is 1.91. The lowest BCUT2D eigenvalue weighted by Crippen LogP contribution is -3.00. The van der Waals surface area contributed by atoms with Crippen molar-refractivity contribution < 1.29 is 31.1 Å². The standard InChI is InChI=1S/C19H19N3O2.BrH/c1-21-17(14-7-4-3-5-8-14)12-22(19(21)20)13-18(23)15-9-6-10-16(11-15)24-2;/h3-12,20H,13H2,1-2H3;1H. The van der Waals surface area contributed by atoms with Crippen LogP contribution in [0.5, 0.6) is 5.75 Å². The fourth-order valence-corrected chi connectivity index (χ4v) is 2.66. The van der Waals surface area contributed by atoms with Crippen molar-refractivity contribution in [3.05, 3.63) is 66.4 Å². The molecule has 25 heavy (non-hydrogen) atoms. The van der Waals surface area contributed by atoms with E-state index in [1.54, 1.807) is 29.9 Å². The van der Waals surface area contributed by atoms with Crippen LogP contribution in [0, 0.1) is 0 Å². The van der Waals surface area contributed by atoms with Gasteiger partial charge in [-0.1, -0.05) is 42.5 Å².